The van der Waals surface area contributed by atoms with Crippen LogP contribution in [-0.2, 0) is 4.79 Å². The van der Waals surface area contributed by atoms with Crippen molar-refractivity contribution in [2.45, 2.75) is 6.92 Å². The van der Waals surface area contributed by atoms with E-state index in [-0.39, 0.29) is 0 Å². The van der Waals surface area contributed by atoms with Gasteiger partial charge in [-0.25, -0.2) is 9.97 Å². The Morgan fingerprint density at radius 2 is 1.70 bits per heavy atom. The largest absolute Gasteiger partial charge is 0.480 e. The smallest absolute Gasteiger partial charge is 0.322 e. The second kappa shape index (κ2) is 8.09. The van der Waals surface area contributed by atoms with Crippen LogP contribution in [-0.4, -0.2) is 33.5 Å². The number of carboxylic acid groups (broad SMARTS) is 1. The Balaban J connectivity index is 1.75. The summed E-state index contributed by atoms with van der Waals surface area (Å²) >= 11 is 0. The number of carbonyl (C=O) groups is 2. The minimum Gasteiger partial charge on any atom is -0.480 e. The summed E-state index contributed by atoms with van der Waals surface area (Å²) in [5.41, 5.74) is 2.94. The van der Waals surface area contributed by atoms with Crippen LogP contribution in [0.5, 0.6) is 0 Å². The van der Waals surface area contributed by atoms with E-state index in [2.05, 4.69) is 20.6 Å². The van der Waals surface area contributed by atoms with Crippen LogP contribution >= 0.6 is 0 Å². The molecule has 1 amide bonds. The Bertz CT molecular complexity index is 957. The lowest BCUT2D eigenvalue weighted by Crippen LogP contribution is -2.29. The number of rotatable bonds is 6. The minimum atomic E-state index is -1.09. The molecular formula is C20H18N4O3. The number of benzene rings is 2. The van der Waals surface area contributed by atoms with E-state index in [1.165, 1.54) is 0 Å². The standard InChI is InChI=1S/C20H18N4O3/c1-13-22-17(14-5-3-2-4-6-14)11-18(23-13)24-16-9-7-15(8-10-16)20(27)21-12-19(25)26/h2-11H,12H2,1H3,(H,21,27)(H,25,26)(H,22,23,24). The molecule has 1 aromatic heterocycles. The van der Waals surface area contributed by atoms with Crippen molar-refractivity contribution in [1.29, 1.82) is 0 Å². The van der Waals surface area contributed by atoms with Crippen molar-refractivity contribution in [3.05, 3.63) is 72.1 Å². The number of aromatic nitrogens is 2. The third-order valence-corrected chi connectivity index (χ3v) is 3.73. The number of aliphatic carboxylic acids is 1. The summed E-state index contributed by atoms with van der Waals surface area (Å²) in [6, 6.07) is 18.4. The molecule has 1 heterocycles. The van der Waals surface area contributed by atoms with Crippen molar-refractivity contribution in [2.24, 2.45) is 0 Å². The molecule has 0 bridgehead atoms. The molecule has 3 N–H and O–H groups in total. The molecule has 0 saturated carbocycles. The van der Waals surface area contributed by atoms with Gasteiger partial charge in [0.05, 0.1) is 5.69 Å². The van der Waals surface area contributed by atoms with E-state index in [1.54, 1.807) is 24.3 Å². The fourth-order valence-electron chi connectivity index (χ4n) is 2.50. The van der Waals surface area contributed by atoms with Gasteiger partial charge < -0.3 is 15.7 Å². The topological polar surface area (TPSA) is 104 Å². The Morgan fingerprint density at radius 3 is 2.37 bits per heavy atom. The highest BCUT2D eigenvalue weighted by molar-refractivity contribution is 5.96. The fourth-order valence-corrected chi connectivity index (χ4v) is 2.50. The van der Waals surface area contributed by atoms with Crippen molar-refractivity contribution in [1.82, 2.24) is 15.3 Å². The molecule has 27 heavy (non-hydrogen) atoms. The third-order valence-electron chi connectivity index (χ3n) is 3.73. The van der Waals surface area contributed by atoms with Crippen LogP contribution in [0.4, 0.5) is 11.5 Å². The normalized spacial score (nSPS) is 10.3. The van der Waals surface area contributed by atoms with Crippen LogP contribution in [0.3, 0.4) is 0 Å². The molecule has 0 fully saturated rings. The first-order valence-electron chi connectivity index (χ1n) is 8.29. The number of aryl methyl sites for hydroxylation is 1. The number of nitrogens with one attached hydrogen (secondary N) is 2. The average molecular weight is 362 g/mol. The highest BCUT2D eigenvalue weighted by Crippen LogP contribution is 2.22. The van der Waals surface area contributed by atoms with Crippen LogP contribution in [0, 0.1) is 6.92 Å². The van der Waals surface area contributed by atoms with E-state index in [0.29, 0.717) is 17.2 Å². The van der Waals surface area contributed by atoms with Gasteiger partial charge >= 0.3 is 5.97 Å². The van der Waals surface area contributed by atoms with Gasteiger partial charge in [-0.15, -0.1) is 0 Å². The van der Waals surface area contributed by atoms with Crippen LogP contribution in [0.15, 0.2) is 60.7 Å². The predicted octanol–water partition coefficient (Wildman–Crippen LogP) is 3.01. The summed E-state index contributed by atoms with van der Waals surface area (Å²) < 4.78 is 0. The molecule has 0 radical (unpaired) electrons. The van der Waals surface area contributed by atoms with Gasteiger partial charge in [-0.3, -0.25) is 9.59 Å². The number of nitrogens with zero attached hydrogens (tertiary/aromatic N) is 2. The highest BCUT2D eigenvalue weighted by Gasteiger charge is 2.08. The summed E-state index contributed by atoms with van der Waals surface area (Å²) in [5.74, 6) is -0.240. The van der Waals surface area contributed by atoms with E-state index in [4.69, 9.17) is 5.11 Å². The summed E-state index contributed by atoms with van der Waals surface area (Å²) in [7, 11) is 0. The molecule has 3 aromatic rings. The van der Waals surface area contributed by atoms with Crippen molar-refractivity contribution in [3.63, 3.8) is 0 Å². The second-order valence-electron chi connectivity index (χ2n) is 5.83. The SMILES string of the molecule is Cc1nc(Nc2ccc(C(=O)NCC(=O)O)cc2)cc(-c2ccccc2)n1. The van der Waals surface area contributed by atoms with Gasteiger partial charge in [0.2, 0.25) is 0 Å². The monoisotopic (exact) mass is 362 g/mol. The van der Waals surface area contributed by atoms with Crippen molar-refractivity contribution < 1.29 is 14.7 Å². The summed E-state index contributed by atoms with van der Waals surface area (Å²) in [5, 5.41) is 14.1. The number of carbonyl (C=O) groups excluding carboxylic acids is 1. The maximum Gasteiger partial charge on any atom is 0.322 e. The lowest BCUT2D eigenvalue weighted by Gasteiger charge is -2.09. The summed E-state index contributed by atoms with van der Waals surface area (Å²) in [6.45, 7) is 1.41. The average Bonchev–Trinajstić information content (AvgIpc) is 2.67. The molecule has 0 aliphatic heterocycles. The lowest BCUT2D eigenvalue weighted by molar-refractivity contribution is -0.135. The zero-order chi connectivity index (χ0) is 19.2. The zero-order valence-corrected chi connectivity index (χ0v) is 14.6. The van der Waals surface area contributed by atoms with E-state index >= 15 is 0 Å². The first-order valence-corrected chi connectivity index (χ1v) is 8.29. The third kappa shape index (κ3) is 4.88. The fraction of sp³-hybridized carbons (Fsp3) is 0.100. The lowest BCUT2D eigenvalue weighted by atomic mass is 10.1. The molecule has 7 heteroatoms. The summed E-state index contributed by atoms with van der Waals surface area (Å²) in [6.07, 6.45) is 0. The van der Waals surface area contributed by atoms with Crippen molar-refractivity contribution >= 4 is 23.4 Å². The molecule has 0 saturated heterocycles. The molecule has 2 aromatic carbocycles. The van der Waals surface area contributed by atoms with Gasteiger partial charge in [0, 0.05) is 22.9 Å². The Hall–Kier alpha value is -3.74. The van der Waals surface area contributed by atoms with Gasteiger partial charge in [0.1, 0.15) is 18.2 Å². The Kier molecular flexibility index (Phi) is 5.41. The van der Waals surface area contributed by atoms with Crippen LogP contribution < -0.4 is 10.6 Å². The number of carboxylic acids is 1. The Morgan fingerprint density at radius 1 is 1.00 bits per heavy atom. The highest BCUT2D eigenvalue weighted by atomic mass is 16.4. The van der Waals surface area contributed by atoms with E-state index in [0.717, 1.165) is 16.9 Å². The molecule has 7 nitrogen and oxygen atoms in total. The molecule has 0 unspecified atom stereocenters. The van der Waals surface area contributed by atoms with Gasteiger partial charge in [0.15, 0.2) is 0 Å². The zero-order valence-electron chi connectivity index (χ0n) is 14.6. The quantitative estimate of drug-likeness (QED) is 0.623. The van der Waals surface area contributed by atoms with Gasteiger partial charge in [-0.1, -0.05) is 30.3 Å². The second-order valence-corrected chi connectivity index (χ2v) is 5.83. The molecule has 0 atom stereocenters. The van der Waals surface area contributed by atoms with Crippen LogP contribution in [0.25, 0.3) is 11.3 Å². The van der Waals surface area contributed by atoms with E-state index < -0.39 is 18.4 Å². The molecule has 0 aliphatic rings. The van der Waals surface area contributed by atoms with Crippen LogP contribution in [0.1, 0.15) is 16.2 Å². The molecule has 0 spiro atoms. The van der Waals surface area contributed by atoms with Gasteiger partial charge in [-0.2, -0.15) is 0 Å². The predicted molar refractivity (Wildman–Crippen MR) is 102 cm³/mol. The number of hydrogen-bond donors (Lipinski definition) is 3. The number of hydrogen-bond acceptors (Lipinski definition) is 5. The van der Waals surface area contributed by atoms with Crippen molar-refractivity contribution in [3.8, 4) is 11.3 Å². The maximum absolute atomic E-state index is 11.8. The maximum atomic E-state index is 11.8. The molecule has 0 aliphatic carbocycles. The first-order chi connectivity index (χ1) is 13.0. The molecule has 3 rings (SSSR count). The molecule has 136 valence electrons. The number of anilines is 2. The van der Waals surface area contributed by atoms with Gasteiger partial charge in [0.25, 0.3) is 5.91 Å². The van der Waals surface area contributed by atoms with E-state index in [1.807, 2.05) is 43.3 Å². The molecular weight excluding hydrogens is 344 g/mol. The Labute approximate surface area is 156 Å². The minimum absolute atomic E-state index is 0.380. The van der Waals surface area contributed by atoms with Crippen molar-refractivity contribution in [2.75, 3.05) is 11.9 Å². The first kappa shape index (κ1) is 18.1. The summed E-state index contributed by atoms with van der Waals surface area (Å²) in [4.78, 5) is 31.2. The number of amides is 1. The van der Waals surface area contributed by atoms with Gasteiger partial charge in [-0.05, 0) is 31.2 Å². The van der Waals surface area contributed by atoms with Crippen LogP contribution in [0.2, 0.25) is 0 Å². The van der Waals surface area contributed by atoms with E-state index in [9.17, 15) is 9.59 Å².